The van der Waals surface area contributed by atoms with Crippen molar-refractivity contribution in [2.24, 2.45) is 0 Å². The molecule has 1 aliphatic heterocycles. The first-order chi connectivity index (χ1) is 8.90. The molecule has 1 fully saturated rings. The summed E-state index contributed by atoms with van der Waals surface area (Å²) in [6.45, 7) is 1.25. The second-order valence-corrected chi connectivity index (χ2v) is 4.16. The molecule has 3 rings (SSSR count). The number of imidazole rings is 1. The van der Waals surface area contributed by atoms with Gasteiger partial charge in [-0.1, -0.05) is 0 Å². The molecule has 6 heteroatoms. The third-order valence-corrected chi connectivity index (χ3v) is 3.15. The minimum Gasteiger partial charge on any atom is -0.377 e. The molecule has 2 aromatic heterocycles. The minimum absolute atomic E-state index is 0.0579. The predicted octanol–water partition coefficient (Wildman–Crippen LogP) is 0.926. The molecular weight excluding hydrogens is 232 g/mol. The van der Waals surface area contributed by atoms with Crippen LogP contribution < -0.4 is 0 Å². The standard InChI is InChI=1S/C12H14N4O2/c1-17-11-7-18-6-10(11)16-3-2-15-12(16)9-4-13-8-14-5-9/h2-5,8,10-11H,6-7H2,1H3/t10-,11-/m0/s1. The Morgan fingerprint density at radius 2 is 2.17 bits per heavy atom. The van der Waals surface area contributed by atoms with E-state index in [2.05, 4.69) is 19.5 Å². The van der Waals surface area contributed by atoms with Crippen LogP contribution in [0.4, 0.5) is 0 Å². The molecular formula is C12H14N4O2. The fraction of sp³-hybridized carbons (Fsp3) is 0.417. The summed E-state index contributed by atoms with van der Waals surface area (Å²) in [4.78, 5) is 12.4. The van der Waals surface area contributed by atoms with Crippen LogP contribution in [0.15, 0.2) is 31.1 Å². The van der Waals surface area contributed by atoms with Gasteiger partial charge in [0.2, 0.25) is 0 Å². The average molecular weight is 246 g/mol. The van der Waals surface area contributed by atoms with Crippen LogP contribution in [-0.2, 0) is 9.47 Å². The van der Waals surface area contributed by atoms with Crippen molar-refractivity contribution >= 4 is 0 Å². The molecule has 2 atom stereocenters. The SMILES string of the molecule is CO[C@H]1COC[C@@H]1n1ccnc1-c1cncnc1. The van der Waals surface area contributed by atoms with Gasteiger partial charge < -0.3 is 14.0 Å². The van der Waals surface area contributed by atoms with Gasteiger partial charge in [0.25, 0.3) is 0 Å². The first kappa shape index (κ1) is 11.3. The average Bonchev–Trinajstić information content (AvgIpc) is 3.07. The molecule has 1 aliphatic rings. The number of ether oxygens (including phenoxy) is 2. The molecule has 0 radical (unpaired) electrons. The zero-order valence-electron chi connectivity index (χ0n) is 10.1. The molecule has 0 spiro atoms. The topological polar surface area (TPSA) is 62.1 Å². The number of hydrogen-bond donors (Lipinski definition) is 0. The van der Waals surface area contributed by atoms with Crippen molar-refractivity contribution in [3.8, 4) is 11.4 Å². The monoisotopic (exact) mass is 246 g/mol. The normalized spacial score (nSPS) is 23.4. The zero-order valence-corrected chi connectivity index (χ0v) is 10.1. The van der Waals surface area contributed by atoms with Gasteiger partial charge in [0, 0.05) is 31.9 Å². The molecule has 0 bridgehead atoms. The summed E-state index contributed by atoms with van der Waals surface area (Å²) < 4.78 is 13.0. The van der Waals surface area contributed by atoms with Crippen molar-refractivity contribution in [1.29, 1.82) is 0 Å². The van der Waals surface area contributed by atoms with Crippen molar-refractivity contribution in [3.05, 3.63) is 31.1 Å². The number of rotatable bonds is 3. The van der Waals surface area contributed by atoms with Crippen LogP contribution in [0.25, 0.3) is 11.4 Å². The van der Waals surface area contributed by atoms with Crippen LogP contribution in [0.3, 0.4) is 0 Å². The highest BCUT2D eigenvalue weighted by Crippen LogP contribution is 2.27. The lowest BCUT2D eigenvalue weighted by molar-refractivity contribution is 0.0688. The minimum atomic E-state index is 0.0579. The van der Waals surface area contributed by atoms with Crippen molar-refractivity contribution in [2.45, 2.75) is 12.1 Å². The van der Waals surface area contributed by atoms with E-state index in [-0.39, 0.29) is 12.1 Å². The molecule has 18 heavy (non-hydrogen) atoms. The summed E-state index contributed by atoms with van der Waals surface area (Å²) in [6, 6.07) is 0.146. The quantitative estimate of drug-likeness (QED) is 0.806. The maximum Gasteiger partial charge on any atom is 0.143 e. The van der Waals surface area contributed by atoms with Gasteiger partial charge >= 0.3 is 0 Å². The summed E-state index contributed by atoms with van der Waals surface area (Å²) in [6.07, 6.45) is 8.78. The van der Waals surface area contributed by atoms with Crippen LogP contribution in [0.5, 0.6) is 0 Å². The van der Waals surface area contributed by atoms with Crippen molar-refractivity contribution in [2.75, 3.05) is 20.3 Å². The molecule has 0 saturated carbocycles. The Hall–Kier alpha value is -1.79. The van der Waals surface area contributed by atoms with Crippen LogP contribution in [0.2, 0.25) is 0 Å². The third-order valence-electron chi connectivity index (χ3n) is 3.15. The largest absolute Gasteiger partial charge is 0.377 e. The highest BCUT2D eigenvalue weighted by molar-refractivity contribution is 5.52. The first-order valence-electron chi connectivity index (χ1n) is 5.79. The molecule has 0 aromatic carbocycles. The number of aromatic nitrogens is 4. The van der Waals surface area contributed by atoms with E-state index in [0.717, 1.165) is 11.4 Å². The van der Waals surface area contributed by atoms with E-state index in [0.29, 0.717) is 13.2 Å². The van der Waals surface area contributed by atoms with E-state index < -0.39 is 0 Å². The van der Waals surface area contributed by atoms with E-state index in [1.807, 2.05) is 6.20 Å². The lowest BCUT2D eigenvalue weighted by Gasteiger charge is -2.19. The highest BCUT2D eigenvalue weighted by Gasteiger charge is 2.31. The van der Waals surface area contributed by atoms with E-state index in [4.69, 9.17) is 9.47 Å². The van der Waals surface area contributed by atoms with Crippen molar-refractivity contribution in [3.63, 3.8) is 0 Å². The molecule has 94 valence electrons. The maximum atomic E-state index is 5.47. The van der Waals surface area contributed by atoms with Crippen molar-refractivity contribution in [1.82, 2.24) is 19.5 Å². The molecule has 0 amide bonds. The molecule has 1 saturated heterocycles. The lowest BCUT2D eigenvalue weighted by atomic mass is 10.2. The number of nitrogens with zero attached hydrogens (tertiary/aromatic N) is 4. The third kappa shape index (κ3) is 1.89. The predicted molar refractivity (Wildman–Crippen MR) is 63.9 cm³/mol. The molecule has 0 unspecified atom stereocenters. The highest BCUT2D eigenvalue weighted by atomic mass is 16.5. The van der Waals surface area contributed by atoms with Gasteiger partial charge in [-0.3, -0.25) is 0 Å². The Kier molecular flexibility index (Phi) is 3.04. The molecule has 2 aromatic rings. The van der Waals surface area contributed by atoms with E-state index in [1.54, 1.807) is 25.7 Å². The molecule has 0 N–H and O–H groups in total. The number of methoxy groups -OCH3 is 1. The Bertz CT molecular complexity index is 514. The summed E-state index contributed by atoms with van der Waals surface area (Å²) >= 11 is 0. The smallest absolute Gasteiger partial charge is 0.143 e. The summed E-state index contributed by atoms with van der Waals surface area (Å²) in [5.74, 6) is 0.841. The van der Waals surface area contributed by atoms with Gasteiger partial charge in [0.05, 0.1) is 24.8 Å². The fourth-order valence-corrected chi connectivity index (χ4v) is 2.23. The summed E-state index contributed by atoms with van der Waals surface area (Å²) in [7, 11) is 1.70. The second-order valence-electron chi connectivity index (χ2n) is 4.16. The summed E-state index contributed by atoms with van der Waals surface area (Å²) in [5.41, 5.74) is 0.893. The zero-order chi connectivity index (χ0) is 12.4. The van der Waals surface area contributed by atoms with E-state index in [1.165, 1.54) is 6.33 Å². The Labute approximate surface area is 105 Å². The van der Waals surface area contributed by atoms with Crippen LogP contribution in [0, 0.1) is 0 Å². The van der Waals surface area contributed by atoms with Crippen molar-refractivity contribution < 1.29 is 9.47 Å². The number of hydrogen-bond acceptors (Lipinski definition) is 5. The molecule has 3 heterocycles. The molecule has 0 aliphatic carbocycles. The first-order valence-corrected chi connectivity index (χ1v) is 5.79. The van der Waals surface area contributed by atoms with Crippen LogP contribution in [0.1, 0.15) is 6.04 Å². The second kappa shape index (κ2) is 4.83. The Morgan fingerprint density at radius 1 is 1.33 bits per heavy atom. The van der Waals surface area contributed by atoms with Gasteiger partial charge in [-0.05, 0) is 0 Å². The van der Waals surface area contributed by atoms with Gasteiger partial charge in [-0.15, -0.1) is 0 Å². The molecule has 6 nitrogen and oxygen atoms in total. The van der Waals surface area contributed by atoms with Gasteiger partial charge in [-0.2, -0.15) is 0 Å². The van der Waals surface area contributed by atoms with E-state index >= 15 is 0 Å². The van der Waals surface area contributed by atoms with Gasteiger partial charge in [0.1, 0.15) is 18.3 Å². The van der Waals surface area contributed by atoms with Gasteiger partial charge in [0.15, 0.2) is 0 Å². The van der Waals surface area contributed by atoms with E-state index in [9.17, 15) is 0 Å². The van der Waals surface area contributed by atoms with Crippen LogP contribution >= 0.6 is 0 Å². The Balaban J connectivity index is 1.97. The lowest BCUT2D eigenvalue weighted by Crippen LogP contribution is -2.24. The van der Waals surface area contributed by atoms with Crippen LogP contribution in [-0.4, -0.2) is 45.9 Å². The van der Waals surface area contributed by atoms with Gasteiger partial charge in [-0.25, -0.2) is 15.0 Å². The Morgan fingerprint density at radius 3 is 2.94 bits per heavy atom. The summed E-state index contributed by atoms with van der Waals surface area (Å²) in [5, 5.41) is 0. The maximum absolute atomic E-state index is 5.47. The fourth-order valence-electron chi connectivity index (χ4n) is 2.23.